The summed E-state index contributed by atoms with van der Waals surface area (Å²) in [7, 11) is 0. The fourth-order valence-corrected chi connectivity index (χ4v) is 3.45. The van der Waals surface area contributed by atoms with Crippen LogP contribution < -0.4 is 15.8 Å². The van der Waals surface area contributed by atoms with Crippen LogP contribution in [0.1, 0.15) is 12.5 Å². The number of pyridine rings is 1. The van der Waals surface area contributed by atoms with Crippen molar-refractivity contribution in [3.05, 3.63) is 78.8 Å². The lowest BCUT2D eigenvalue weighted by molar-refractivity contribution is -0.114. The number of rotatable bonds is 7. The highest BCUT2D eigenvalue weighted by Gasteiger charge is 2.10. The second-order valence-electron chi connectivity index (χ2n) is 7.30. The molecule has 4 aromatic rings. The maximum absolute atomic E-state index is 11.2. The van der Waals surface area contributed by atoms with E-state index in [1.165, 1.54) is 17.9 Å². The number of anilines is 1. The van der Waals surface area contributed by atoms with Crippen LogP contribution in [-0.2, 0) is 11.2 Å². The van der Waals surface area contributed by atoms with Crippen LogP contribution >= 0.6 is 0 Å². The van der Waals surface area contributed by atoms with Crippen LogP contribution in [0.4, 0.5) is 5.69 Å². The molecular weight excluding hydrogens is 376 g/mol. The van der Waals surface area contributed by atoms with Crippen molar-refractivity contribution in [3.63, 3.8) is 0 Å². The number of aromatic amines is 1. The summed E-state index contributed by atoms with van der Waals surface area (Å²) < 4.78 is 5.91. The smallest absolute Gasteiger partial charge is 0.221 e. The molecule has 1 atom stereocenters. The van der Waals surface area contributed by atoms with E-state index in [4.69, 9.17) is 10.5 Å². The third-order valence-electron chi connectivity index (χ3n) is 4.87. The Labute approximate surface area is 175 Å². The number of aromatic nitrogens is 2. The number of benzene rings is 2. The molecule has 0 aliphatic rings. The first-order chi connectivity index (χ1) is 14.6. The second kappa shape index (κ2) is 8.80. The number of fused-ring (bicyclic) bond motifs is 1. The standard InChI is InChI=1S/C24H24N4O2/c1-16(29)28-21-8-6-17(7-9-21)18-11-22(14-26-12-18)30-15-20(25)10-19-13-27-24-5-3-2-4-23(19)24/h2-9,11-14,20,27H,10,15,25H2,1H3,(H,28,29)/t20-/m1/s1. The Morgan fingerprint density at radius 2 is 1.93 bits per heavy atom. The first kappa shape index (κ1) is 19.7. The molecule has 1 amide bonds. The fraction of sp³-hybridized carbons (Fsp3) is 0.167. The zero-order valence-electron chi connectivity index (χ0n) is 16.8. The van der Waals surface area contributed by atoms with Crippen molar-refractivity contribution in [3.8, 4) is 16.9 Å². The summed E-state index contributed by atoms with van der Waals surface area (Å²) in [4.78, 5) is 18.7. The number of nitrogens with zero attached hydrogens (tertiary/aromatic N) is 1. The van der Waals surface area contributed by atoms with Gasteiger partial charge in [-0.25, -0.2) is 0 Å². The molecule has 0 aliphatic carbocycles. The Bertz CT molecular complexity index is 1150. The molecule has 6 nitrogen and oxygen atoms in total. The predicted octanol–water partition coefficient (Wildman–Crippen LogP) is 4.14. The number of hydrogen-bond donors (Lipinski definition) is 3. The third kappa shape index (κ3) is 4.67. The third-order valence-corrected chi connectivity index (χ3v) is 4.87. The number of H-pyrrole nitrogens is 1. The molecule has 0 fully saturated rings. The second-order valence-corrected chi connectivity index (χ2v) is 7.30. The maximum Gasteiger partial charge on any atom is 0.221 e. The largest absolute Gasteiger partial charge is 0.490 e. The Morgan fingerprint density at radius 3 is 2.73 bits per heavy atom. The van der Waals surface area contributed by atoms with Gasteiger partial charge >= 0.3 is 0 Å². The number of amides is 1. The zero-order chi connectivity index (χ0) is 20.9. The lowest BCUT2D eigenvalue weighted by Gasteiger charge is -2.13. The number of carbonyl (C=O) groups excluding carboxylic acids is 1. The van der Waals surface area contributed by atoms with E-state index >= 15 is 0 Å². The van der Waals surface area contributed by atoms with Gasteiger partial charge in [0.15, 0.2) is 0 Å². The monoisotopic (exact) mass is 400 g/mol. The minimum absolute atomic E-state index is 0.0937. The minimum Gasteiger partial charge on any atom is -0.490 e. The molecular formula is C24H24N4O2. The predicted molar refractivity (Wildman–Crippen MR) is 119 cm³/mol. The lowest BCUT2D eigenvalue weighted by atomic mass is 10.1. The van der Waals surface area contributed by atoms with Crippen LogP contribution in [0.25, 0.3) is 22.0 Å². The van der Waals surface area contributed by atoms with Gasteiger partial charge in [0.1, 0.15) is 12.4 Å². The number of nitrogens with two attached hydrogens (primary N) is 1. The Hall–Kier alpha value is -3.64. The number of nitrogens with one attached hydrogen (secondary N) is 2. The van der Waals surface area contributed by atoms with Crippen molar-refractivity contribution in [1.82, 2.24) is 9.97 Å². The summed E-state index contributed by atoms with van der Waals surface area (Å²) in [5, 5.41) is 3.96. The summed E-state index contributed by atoms with van der Waals surface area (Å²) >= 11 is 0. The van der Waals surface area contributed by atoms with Crippen molar-refractivity contribution in [1.29, 1.82) is 0 Å². The number of ether oxygens (including phenoxy) is 1. The highest BCUT2D eigenvalue weighted by molar-refractivity contribution is 5.89. The topological polar surface area (TPSA) is 93.0 Å². The van der Waals surface area contributed by atoms with Crippen LogP contribution in [0, 0.1) is 0 Å². The average molecular weight is 400 g/mol. The van der Waals surface area contributed by atoms with Crippen LogP contribution in [0.5, 0.6) is 5.75 Å². The molecule has 0 spiro atoms. The van der Waals surface area contributed by atoms with Crippen LogP contribution in [0.15, 0.2) is 73.2 Å². The molecule has 0 unspecified atom stereocenters. The quantitative estimate of drug-likeness (QED) is 0.435. The Kier molecular flexibility index (Phi) is 5.77. The average Bonchev–Trinajstić information content (AvgIpc) is 3.15. The summed E-state index contributed by atoms with van der Waals surface area (Å²) in [6.45, 7) is 1.88. The van der Waals surface area contributed by atoms with Gasteiger partial charge in [-0.15, -0.1) is 0 Å². The molecule has 0 aliphatic heterocycles. The van der Waals surface area contributed by atoms with Crippen molar-refractivity contribution >= 4 is 22.5 Å². The normalized spacial score (nSPS) is 11.9. The first-order valence-electron chi connectivity index (χ1n) is 9.85. The van der Waals surface area contributed by atoms with Gasteiger partial charge in [0.2, 0.25) is 5.91 Å². The molecule has 6 heteroatoms. The van der Waals surface area contributed by atoms with Gasteiger partial charge < -0.3 is 20.8 Å². The van der Waals surface area contributed by atoms with Gasteiger partial charge in [0, 0.05) is 47.5 Å². The van der Waals surface area contributed by atoms with Crippen molar-refractivity contribution < 1.29 is 9.53 Å². The Morgan fingerprint density at radius 1 is 1.13 bits per heavy atom. The zero-order valence-corrected chi connectivity index (χ0v) is 16.8. The van der Waals surface area contributed by atoms with Crippen molar-refractivity contribution in [2.24, 2.45) is 5.73 Å². The van der Waals surface area contributed by atoms with Crippen LogP contribution in [0.3, 0.4) is 0 Å². The van der Waals surface area contributed by atoms with Crippen LogP contribution in [-0.4, -0.2) is 28.5 Å². The highest BCUT2D eigenvalue weighted by atomic mass is 16.5. The van der Waals surface area contributed by atoms with E-state index in [-0.39, 0.29) is 11.9 Å². The summed E-state index contributed by atoms with van der Waals surface area (Å²) in [5.74, 6) is 0.580. The maximum atomic E-state index is 11.2. The fourth-order valence-electron chi connectivity index (χ4n) is 3.45. The molecule has 4 rings (SSSR count). The van der Waals surface area contributed by atoms with E-state index in [1.54, 1.807) is 12.4 Å². The molecule has 0 radical (unpaired) electrons. The number of carbonyl (C=O) groups is 1. The SMILES string of the molecule is CC(=O)Nc1ccc(-c2cncc(OC[C@H](N)Cc3c[nH]c4ccccc34)c2)cc1. The molecule has 152 valence electrons. The minimum atomic E-state index is -0.134. The van der Waals surface area contributed by atoms with Gasteiger partial charge in [-0.2, -0.15) is 0 Å². The van der Waals surface area contributed by atoms with Crippen molar-refractivity contribution in [2.45, 2.75) is 19.4 Å². The van der Waals surface area contributed by atoms with E-state index in [0.717, 1.165) is 28.8 Å². The summed E-state index contributed by atoms with van der Waals surface area (Å²) in [5.41, 5.74) is 11.3. The van der Waals surface area contributed by atoms with Gasteiger partial charge in [-0.05, 0) is 41.8 Å². The van der Waals surface area contributed by atoms with E-state index < -0.39 is 0 Å². The van der Waals surface area contributed by atoms with E-state index in [1.807, 2.05) is 48.7 Å². The molecule has 4 N–H and O–H groups in total. The van der Waals surface area contributed by atoms with Gasteiger partial charge in [0.05, 0.1) is 6.20 Å². The van der Waals surface area contributed by atoms with E-state index in [2.05, 4.69) is 27.4 Å². The molecule has 2 aromatic carbocycles. The highest BCUT2D eigenvalue weighted by Crippen LogP contribution is 2.24. The summed E-state index contributed by atoms with van der Waals surface area (Å²) in [6, 6.07) is 17.6. The van der Waals surface area contributed by atoms with Gasteiger partial charge in [-0.1, -0.05) is 30.3 Å². The Balaban J connectivity index is 1.39. The first-order valence-corrected chi connectivity index (χ1v) is 9.85. The van der Waals surface area contributed by atoms with Crippen LogP contribution in [0.2, 0.25) is 0 Å². The number of para-hydroxylation sites is 1. The molecule has 30 heavy (non-hydrogen) atoms. The molecule has 2 heterocycles. The molecule has 0 saturated carbocycles. The number of hydrogen-bond acceptors (Lipinski definition) is 4. The lowest BCUT2D eigenvalue weighted by Crippen LogP contribution is -2.30. The summed E-state index contributed by atoms with van der Waals surface area (Å²) in [6.07, 6.45) is 6.21. The van der Waals surface area contributed by atoms with E-state index in [9.17, 15) is 4.79 Å². The van der Waals surface area contributed by atoms with Gasteiger partial charge in [0.25, 0.3) is 0 Å². The van der Waals surface area contributed by atoms with E-state index in [0.29, 0.717) is 12.4 Å². The van der Waals surface area contributed by atoms with Gasteiger partial charge in [-0.3, -0.25) is 9.78 Å². The molecule has 0 saturated heterocycles. The molecule has 0 bridgehead atoms. The van der Waals surface area contributed by atoms with Crippen molar-refractivity contribution in [2.75, 3.05) is 11.9 Å². The molecule has 2 aromatic heterocycles.